The molecule has 6 nitrogen and oxygen atoms in total. The lowest BCUT2D eigenvalue weighted by Crippen LogP contribution is -2.44. The van der Waals surface area contributed by atoms with Gasteiger partial charge in [0.15, 0.2) is 0 Å². The second-order valence-corrected chi connectivity index (χ2v) is 4.63. The highest BCUT2D eigenvalue weighted by Gasteiger charge is 2.24. The SMILES string of the molecule is COC(=O)CC1CN(c2cc(C)nc(C)n2)CCO1. The van der Waals surface area contributed by atoms with Crippen LogP contribution in [0.15, 0.2) is 6.07 Å². The van der Waals surface area contributed by atoms with Crippen molar-refractivity contribution in [2.45, 2.75) is 26.4 Å². The second kappa shape index (κ2) is 5.97. The van der Waals surface area contributed by atoms with Crippen LogP contribution in [0.4, 0.5) is 5.82 Å². The zero-order valence-electron chi connectivity index (χ0n) is 11.5. The number of aromatic nitrogens is 2. The van der Waals surface area contributed by atoms with Crippen molar-refractivity contribution < 1.29 is 14.3 Å². The lowest BCUT2D eigenvalue weighted by molar-refractivity contribution is -0.144. The van der Waals surface area contributed by atoms with Gasteiger partial charge in [0, 0.05) is 24.8 Å². The summed E-state index contributed by atoms with van der Waals surface area (Å²) < 4.78 is 10.2. The quantitative estimate of drug-likeness (QED) is 0.755. The van der Waals surface area contributed by atoms with Crippen molar-refractivity contribution in [2.75, 3.05) is 31.7 Å². The fourth-order valence-corrected chi connectivity index (χ4v) is 2.18. The summed E-state index contributed by atoms with van der Waals surface area (Å²) in [6, 6.07) is 1.95. The first-order valence-corrected chi connectivity index (χ1v) is 6.34. The minimum Gasteiger partial charge on any atom is -0.469 e. The number of aryl methyl sites for hydroxylation is 2. The highest BCUT2D eigenvalue weighted by molar-refractivity contribution is 5.69. The number of rotatable bonds is 3. The molecule has 1 aliphatic heterocycles. The Bertz CT molecular complexity index is 444. The van der Waals surface area contributed by atoms with Crippen molar-refractivity contribution in [3.8, 4) is 0 Å². The standard InChI is InChI=1S/C13H19N3O3/c1-9-6-12(15-10(2)14-9)16-4-5-19-11(8-16)7-13(17)18-3/h6,11H,4-5,7-8H2,1-3H3. The molecule has 0 saturated carbocycles. The molecule has 0 amide bonds. The number of anilines is 1. The fraction of sp³-hybridized carbons (Fsp3) is 0.615. The Morgan fingerprint density at radius 3 is 3.00 bits per heavy atom. The molecule has 0 bridgehead atoms. The van der Waals surface area contributed by atoms with E-state index in [0.29, 0.717) is 13.2 Å². The molecule has 1 aromatic rings. The van der Waals surface area contributed by atoms with Gasteiger partial charge in [0.2, 0.25) is 0 Å². The van der Waals surface area contributed by atoms with E-state index in [0.717, 1.165) is 23.9 Å². The minimum absolute atomic E-state index is 0.142. The molecule has 2 heterocycles. The van der Waals surface area contributed by atoms with Crippen molar-refractivity contribution in [3.05, 3.63) is 17.6 Å². The summed E-state index contributed by atoms with van der Waals surface area (Å²) in [6.45, 7) is 5.83. The number of carbonyl (C=O) groups is 1. The van der Waals surface area contributed by atoms with E-state index >= 15 is 0 Å². The third-order valence-electron chi connectivity index (χ3n) is 3.04. The average Bonchev–Trinajstić information content (AvgIpc) is 2.38. The largest absolute Gasteiger partial charge is 0.469 e. The lowest BCUT2D eigenvalue weighted by Gasteiger charge is -2.33. The Kier molecular flexibility index (Phi) is 4.31. The van der Waals surface area contributed by atoms with Gasteiger partial charge in [-0.05, 0) is 13.8 Å². The highest BCUT2D eigenvalue weighted by Crippen LogP contribution is 2.17. The Labute approximate surface area is 112 Å². The Hall–Kier alpha value is -1.69. The molecule has 2 rings (SSSR count). The molecule has 1 saturated heterocycles. The molecule has 1 fully saturated rings. The highest BCUT2D eigenvalue weighted by atomic mass is 16.5. The van der Waals surface area contributed by atoms with Crippen molar-refractivity contribution in [1.29, 1.82) is 0 Å². The molecule has 1 unspecified atom stereocenters. The molecule has 1 aliphatic rings. The molecule has 0 radical (unpaired) electrons. The van der Waals surface area contributed by atoms with Crippen LogP contribution in [0.2, 0.25) is 0 Å². The van der Waals surface area contributed by atoms with Crippen LogP contribution in [0.25, 0.3) is 0 Å². The van der Waals surface area contributed by atoms with Gasteiger partial charge < -0.3 is 14.4 Å². The van der Waals surface area contributed by atoms with Gasteiger partial charge in [0.25, 0.3) is 0 Å². The predicted molar refractivity (Wildman–Crippen MR) is 70.1 cm³/mol. The van der Waals surface area contributed by atoms with Crippen LogP contribution < -0.4 is 4.90 Å². The van der Waals surface area contributed by atoms with E-state index in [1.54, 1.807) is 0 Å². The Morgan fingerprint density at radius 2 is 2.32 bits per heavy atom. The second-order valence-electron chi connectivity index (χ2n) is 4.63. The van der Waals surface area contributed by atoms with Crippen LogP contribution in [-0.2, 0) is 14.3 Å². The van der Waals surface area contributed by atoms with Crippen molar-refractivity contribution in [1.82, 2.24) is 9.97 Å². The predicted octanol–water partition coefficient (Wildman–Crippen LogP) is 0.862. The summed E-state index contributed by atoms with van der Waals surface area (Å²) in [5, 5.41) is 0. The number of esters is 1. The van der Waals surface area contributed by atoms with E-state index in [9.17, 15) is 4.79 Å². The number of hydrogen-bond acceptors (Lipinski definition) is 6. The maximum Gasteiger partial charge on any atom is 0.308 e. The van der Waals surface area contributed by atoms with Gasteiger partial charge in [-0.25, -0.2) is 9.97 Å². The molecule has 0 N–H and O–H groups in total. The third kappa shape index (κ3) is 3.64. The van der Waals surface area contributed by atoms with E-state index in [4.69, 9.17) is 4.74 Å². The molecule has 1 atom stereocenters. The summed E-state index contributed by atoms with van der Waals surface area (Å²) in [4.78, 5) is 22.1. The summed E-state index contributed by atoms with van der Waals surface area (Å²) in [5.74, 6) is 1.40. The smallest absolute Gasteiger partial charge is 0.308 e. The van der Waals surface area contributed by atoms with Crippen molar-refractivity contribution in [2.24, 2.45) is 0 Å². The maximum absolute atomic E-state index is 11.3. The van der Waals surface area contributed by atoms with Gasteiger partial charge in [-0.1, -0.05) is 0 Å². The summed E-state index contributed by atoms with van der Waals surface area (Å²) in [7, 11) is 1.39. The summed E-state index contributed by atoms with van der Waals surface area (Å²) in [6.07, 6.45) is 0.132. The molecule has 1 aromatic heterocycles. The molecule has 104 valence electrons. The molecule has 19 heavy (non-hydrogen) atoms. The normalized spacial score (nSPS) is 19.3. The van der Waals surface area contributed by atoms with Gasteiger partial charge >= 0.3 is 5.97 Å². The Balaban J connectivity index is 2.06. The monoisotopic (exact) mass is 265 g/mol. The molecule has 0 aromatic carbocycles. The first kappa shape index (κ1) is 13.7. The molecule has 0 spiro atoms. The number of carbonyl (C=O) groups excluding carboxylic acids is 1. The van der Waals surface area contributed by atoms with Gasteiger partial charge in [0.05, 0.1) is 26.2 Å². The number of nitrogens with zero attached hydrogens (tertiary/aromatic N) is 3. The average molecular weight is 265 g/mol. The van der Waals surface area contributed by atoms with Crippen LogP contribution in [0.5, 0.6) is 0 Å². The fourth-order valence-electron chi connectivity index (χ4n) is 2.18. The van der Waals surface area contributed by atoms with Crippen LogP contribution in [0.1, 0.15) is 17.9 Å². The summed E-state index contributed by atoms with van der Waals surface area (Å²) in [5.41, 5.74) is 0.943. The lowest BCUT2D eigenvalue weighted by atomic mass is 10.2. The van der Waals surface area contributed by atoms with E-state index in [2.05, 4.69) is 19.6 Å². The third-order valence-corrected chi connectivity index (χ3v) is 3.04. The maximum atomic E-state index is 11.3. The number of hydrogen-bond donors (Lipinski definition) is 0. The van der Waals surface area contributed by atoms with Crippen LogP contribution in [-0.4, -0.2) is 48.8 Å². The van der Waals surface area contributed by atoms with Crippen LogP contribution in [0, 0.1) is 13.8 Å². The molecule has 6 heteroatoms. The van der Waals surface area contributed by atoms with Crippen LogP contribution >= 0.6 is 0 Å². The molecular formula is C13H19N3O3. The van der Waals surface area contributed by atoms with Gasteiger partial charge in [-0.15, -0.1) is 0 Å². The minimum atomic E-state index is -0.248. The van der Waals surface area contributed by atoms with Crippen molar-refractivity contribution in [3.63, 3.8) is 0 Å². The van der Waals surface area contributed by atoms with E-state index in [1.165, 1.54) is 7.11 Å². The first-order valence-electron chi connectivity index (χ1n) is 6.34. The van der Waals surface area contributed by atoms with E-state index in [1.807, 2.05) is 19.9 Å². The van der Waals surface area contributed by atoms with E-state index < -0.39 is 0 Å². The van der Waals surface area contributed by atoms with Gasteiger partial charge in [-0.2, -0.15) is 0 Å². The number of ether oxygens (including phenoxy) is 2. The summed E-state index contributed by atoms with van der Waals surface area (Å²) >= 11 is 0. The number of morpholine rings is 1. The number of methoxy groups -OCH3 is 1. The van der Waals surface area contributed by atoms with Crippen LogP contribution in [0.3, 0.4) is 0 Å². The van der Waals surface area contributed by atoms with E-state index in [-0.39, 0.29) is 18.5 Å². The zero-order valence-corrected chi connectivity index (χ0v) is 11.5. The van der Waals surface area contributed by atoms with Crippen molar-refractivity contribution >= 4 is 11.8 Å². The van der Waals surface area contributed by atoms with Gasteiger partial charge in [-0.3, -0.25) is 4.79 Å². The topological polar surface area (TPSA) is 64.5 Å². The van der Waals surface area contributed by atoms with Gasteiger partial charge in [0.1, 0.15) is 11.6 Å². The molecule has 0 aliphatic carbocycles. The first-order chi connectivity index (χ1) is 9.08. The Morgan fingerprint density at radius 1 is 1.53 bits per heavy atom. The molecular weight excluding hydrogens is 246 g/mol. The zero-order chi connectivity index (χ0) is 13.8.